The largest absolute Gasteiger partial charge is 0.302 e. The zero-order valence-corrected chi connectivity index (χ0v) is 6.79. The van der Waals surface area contributed by atoms with Gasteiger partial charge in [-0.3, -0.25) is 4.79 Å². The van der Waals surface area contributed by atoms with Gasteiger partial charge in [0.05, 0.1) is 5.71 Å². The van der Waals surface area contributed by atoms with E-state index >= 15 is 0 Å². The lowest BCUT2D eigenvalue weighted by Crippen LogP contribution is -2.36. The predicted molar refractivity (Wildman–Crippen MR) is 40.1 cm³/mol. The van der Waals surface area contributed by atoms with E-state index in [2.05, 4.69) is 5.10 Å². The van der Waals surface area contributed by atoms with E-state index in [1.807, 2.05) is 0 Å². The Morgan fingerprint density at radius 2 is 2.18 bits per heavy atom. The maximum Gasteiger partial charge on any atom is 0.261 e. The molecular weight excluding hydrogens is 144 g/mol. The summed E-state index contributed by atoms with van der Waals surface area (Å²) in [5.41, 5.74) is -0.464. The lowest BCUT2D eigenvalue weighted by Gasteiger charge is -2.13. The molecule has 0 bridgehead atoms. The molecule has 1 amide bonds. The summed E-state index contributed by atoms with van der Waals surface area (Å²) < 4.78 is 0. The molecule has 0 fully saturated rings. The summed E-state index contributed by atoms with van der Waals surface area (Å²) in [5, 5.41) is 5.06. The van der Waals surface area contributed by atoms with Crippen LogP contribution in [0.25, 0.3) is 0 Å². The zero-order chi connectivity index (χ0) is 8.65. The van der Waals surface area contributed by atoms with Gasteiger partial charge in [-0.05, 0) is 13.8 Å². The molecule has 1 aliphatic rings. The predicted octanol–water partition coefficient (Wildman–Crippen LogP) is 0.0395. The van der Waals surface area contributed by atoms with Gasteiger partial charge in [0.25, 0.3) is 5.91 Å². The molecule has 0 saturated carbocycles. The van der Waals surface area contributed by atoms with Crippen molar-refractivity contribution in [3.8, 4) is 0 Å². The number of carbonyl (C=O) groups is 2. The molecule has 4 heteroatoms. The number of carbonyl (C=O) groups excluding carboxylic acids is 2. The molecule has 0 aromatic rings. The summed E-state index contributed by atoms with van der Waals surface area (Å²) in [7, 11) is 1.54. The van der Waals surface area contributed by atoms with E-state index in [1.54, 1.807) is 20.9 Å². The molecule has 0 aliphatic carbocycles. The number of hydrazone groups is 1. The summed E-state index contributed by atoms with van der Waals surface area (Å²) in [5.74, 6) is -0.259. The second-order valence-corrected chi connectivity index (χ2v) is 2.83. The molecule has 1 heterocycles. The summed E-state index contributed by atoms with van der Waals surface area (Å²) in [6, 6.07) is 0. The average Bonchev–Trinajstić information content (AvgIpc) is 2.16. The van der Waals surface area contributed by atoms with Gasteiger partial charge in [0.2, 0.25) is 0 Å². The van der Waals surface area contributed by atoms with Crippen LogP contribution < -0.4 is 0 Å². The summed E-state index contributed by atoms with van der Waals surface area (Å²) >= 11 is 0. The van der Waals surface area contributed by atoms with E-state index in [1.165, 1.54) is 5.01 Å². The van der Waals surface area contributed by atoms with Crippen molar-refractivity contribution in [2.45, 2.75) is 13.8 Å². The molecule has 1 atom stereocenters. The highest BCUT2D eigenvalue weighted by Crippen LogP contribution is 2.24. The van der Waals surface area contributed by atoms with Crippen LogP contribution in [0.4, 0.5) is 0 Å². The highest BCUT2D eigenvalue weighted by molar-refractivity contribution is 6.21. The number of amides is 1. The average molecular weight is 154 g/mol. The van der Waals surface area contributed by atoms with Crippen LogP contribution in [0.3, 0.4) is 0 Å². The lowest BCUT2D eigenvalue weighted by atomic mass is 9.88. The molecule has 1 aliphatic heterocycles. The Labute approximate surface area is 64.9 Å². The van der Waals surface area contributed by atoms with E-state index < -0.39 is 5.41 Å². The second kappa shape index (κ2) is 2.15. The summed E-state index contributed by atoms with van der Waals surface area (Å²) in [4.78, 5) is 21.8. The molecule has 4 nitrogen and oxygen atoms in total. The third-order valence-electron chi connectivity index (χ3n) is 2.03. The second-order valence-electron chi connectivity index (χ2n) is 2.83. The number of rotatable bonds is 1. The van der Waals surface area contributed by atoms with Crippen LogP contribution in [0.2, 0.25) is 0 Å². The van der Waals surface area contributed by atoms with Crippen molar-refractivity contribution in [1.82, 2.24) is 5.01 Å². The number of hydrogen-bond acceptors (Lipinski definition) is 3. The topological polar surface area (TPSA) is 49.7 Å². The normalized spacial score (nSPS) is 30.6. The molecule has 0 radical (unpaired) electrons. The van der Waals surface area contributed by atoms with E-state index in [4.69, 9.17) is 0 Å². The van der Waals surface area contributed by atoms with Crippen molar-refractivity contribution in [2.24, 2.45) is 10.5 Å². The van der Waals surface area contributed by atoms with E-state index in [-0.39, 0.29) is 5.91 Å². The first-order valence-corrected chi connectivity index (χ1v) is 3.32. The van der Waals surface area contributed by atoms with Crippen LogP contribution in [-0.4, -0.2) is 30.0 Å². The maximum absolute atomic E-state index is 11.2. The molecule has 1 unspecified atom stereocenters. The van der Waals surface area contributed by atoms with Gasteiger partial charge in [0, 0.05) is 7.05 Å². The fourth-order valence-corrected chi connectivity index (χ4v) is 1.00. The van der Waals surface area contributed by atoms with E-state index in [9.17, 15) is 9.59 Å². The summed E-state index contributed by atoms with van der Waals surface area (Å²) in [6.07, 6.45) is 0.637. The van der Waals surface area contributed by atoms with Crippen molar-refractivity contribution in [3.05, 3.63) is 0 Å². The Morgan fingerprint density at radius 1 is 1.64 bits per heavy atom. The van der Waals surface area contributed by atoms with Crippen LogP contribution >= 0.6 is 0 Å². The minimum atomic E-state index is -1.02. The number of aldehydes is 1. The minimum Gasteiger partial charge on any atom is -0.302 e. The molecule has 0 saturated heterocycles. The Kier molecular flexibility index (Phi) is 1.55. The van der Waals surface area contributed by atoms with E-state index in [0.717, 1.165) is 0 Å². The Morgan fingerprint density at radius 3 is 2.36 bits per heavy atom. The fourth-order valence-electron chi connectivity index (χ4n) is 1.00. The van der Waals surface area contributed by atoms with Crippen molar-refractivity contribution in [2.75, 3.05) is 7.05 Å². The highest BCUT2D eigenvalue weighted by atomic mass is 16.2. The molecule has 0 aromatic carbocycles. The molecule has 0 N–H and O–H groups in total. The zero-order valence-electron chi connectivity index (χ0n) is 6.79. The standard InChI is InChI=1S/C7H10N2O2/c1-5-7(2,4-10)6(11)9(3)8-5/h4H,1-3H3. The molecule has 0 spiro atoms. The third kappa shape index (κ3) is 0.859. The van der Waals surface area contributed by atoms with Gasteiger partial charge in [-0.2, -0.15) is 5.10 Å². The van der Waals surface area contributed by atoms with Crippen LogP contribution in [0.5, 0.6) is 0 Å². The first-order valence-electron chi connectivity index (χ1n) is 3.32. The first kappa shape index (κ1) is 7.91. The molecule has 1 rings (SSSR count). The first-order chi connectivity index (χ1) is 5.02. The van der Waals surface area contributed by atoms with Gasteiger partial charge in [0.1, 0.15) is 11.7 Å². The molecular formula is C7H10N2O2. The maximum atomic E-state index is 11.2. The molecule has 11 heavy (non-hydrogen) atoms. The lowest BCUT2D eigenvalue weighted by molar-refractivity contribution is -0.137. The SMILES string of the molecule is CC1=NN(C)C(=O)C1(C)C=O. The van der Waals surface area contributed by atoms with Crippen molar-refractivity contribution < 1.29 is 9.59 Å². The smallest absolute Gasteiger partial charge is 0.261 e. The molecule has 0 aromatic heterocycles. The fraction of sp³-hybridized carbons (Fsp3) is 0.571. The van der Waals surface area contributed by atoms with Gasteiger partial charge in [-0.15, -0.1) is 0 Å². The van der Waals surface area contributed by atoms with E-state index in [0.29, 0.717) is 12.0 Å². The van der Waals surface area contributed by atoms with Crippen LogP contribution in [-0.2, 0) is 9.59 Å². The highest BCUT2D eigenvalue weighted by Gasteiger charge is 2.43. The molecule has 60 valence electrons. The third-order valence-corrected chi connectivity index (χ3v) is 2.03. The van der Waals surface area contributed by atoms with Crippen molar-refractivity contribution >= 4 is 17.9 Å². The summed E-state index contributed by atoms with van der Waals surface area (Å²) in [6.45, 7) is 3.25. The van der Waals surface area contributed by atoms with Crippen LogP contribution in [0, 0.1) is 5.41 Å². The monoisotopic (exact) mass is 154 g/mol. The quantitative estimate of drug-likeness (QED) is 0.395. The van der Waals surface area contributed by atoms with Gasteiger partial charge in [-0.1, -0.05) is 0 Å². The van der Waals surface area contributed by atoms with Crippen molar-refractivity contribution in [3.63, 3.8) is 0 Å². The van der Waals surface area contributed by atoms with Crippen LogP contribution in [0.1, 0.15) is 13.8 Å². The van der Waals surface area contributed by atoms with Gasteiger partial charge >= 0.3 is 0 Å². The Balaban J connectivity index is 3.09. The van der Waals surface area contributed by atoms with Crippen LogP contribution in [0.15, 0.2) is 5.10 Å². The van der Waals surface area contributed by atoms with Gasteiger partial charge in [-0.25, -0.2) is 5.01 Å². The van der Waals surface area contributed by atoms with Gasteiger partial charge < -0.3 is 4.79 Å². The number of hydrogen-bond donors (Lipinski definition) is 0. The van der Waals surface area contributed by atoms with Gasteiger partial charge in [0.15, 0.2) is 0 Å². The Bertz CT molecular complexity index is 247. The Hall–Kier alpha value is -1.19. The number of nitrogens with zero attached hydrogens (tertiary/aromatic N) is 2. The van der Waals surface area contributed by atoms with Crippen molar-refractivity contribution in [1.29, 1.82) is 0 Å². The minimum absolute atomic E-state index is 0.259.